The number of benzene rings is 1. The zero-order chi connectivity index (χ0) is 17.1. The summed E-state index contributed by atoms with van der Waals surface area (Å²) in [6, 6.07) is 9.75. The first kappa shape index (κ1) is 16.1. The van der Waals surface area contributed by atoms with Crippen molar-refractivity contribution in [3.8, 4) is 0 Å². The number of thiazole rings is 1. The molecule has 1 aromatic carbocycles. The van der Waals surface area contributed by atoms with Gasteiger partial charge in [-0.2, -0.15) is 0 Å². The molecule has 6 heteroatoms. The minimum absolute atomic E-state index is 0.0833. The van der Waals surface area contributed by atoms with Gasteiger partial charge in [0.2, 0.25) is 0 Å². The zero-order valence-electron chi connectivity index (χ0n) is 13.4. The summed E-state index contributed by atoms with van der Waals surface area (Å²) in [6.07, 6.45) is 4.10. The van der Waals surface area contributed by atoms with E-state index in [0.717, 1.165) is 11.3 Å². The molecule has 0 spiro atoms. The predicted octanol–water partition coefficient (Wildman–Crippen LogP) is 3.83. The fraction of sp³-hybridized carbons (Fsp3) is 0.167. The maximum Gasteiger partial charge on any atom is 0.273 e. The molecule has 0 saturated heterocycles. The normalized spacial score (nSPS) is 10.6. The molecule has 2 heterocycles. The fourth-order valence-corrected chi connectivity index (χ4v) is 3.17. The highest BCUT2D eigenvalue weighted by Gasteiger charge is 2.13. The molecule has 1 amide bonds. The first-order valence-electron chi connectivity index (χ1n) is 7.53. The second-order valence-corrected chi connectivity index (χ2v) is 6.66. The number of anilines is 1. The van der Waals surface area contributed by atoms with Gasteiger partial charge in [-0.3, -0.25) is 14.9 Å². The van der Waals surface area contributed by atoms with Crippen LogP contribution in [0.3, 0.4) is 0 Å². The van der Waals surface area contributed by atoms with Crippen LogP contribution in [0.5, 0.6) is 0 Å². The summed E-state index contributed by atoms with van der Waals surface area (Å²) in [5, 5.41) is 3.30. The van der Waals surface area contributed by atoms with Gasteiger partial charge < -0.3 is 4.98 Å². The van der Waals surface area contributed by atoms with Gasteiger partial charge in [0.15, 0.2) is 10.9 Å². The number of hydrogen-bond acceptors (Lipinski definition) is 4. The molecular weight excluding hydrogens is 322 g/mol. The lowest BCUT2D eigenvalue weighted by molar-refractivity contribution is 0.101. The summed E-state index contributed by atoms with van der Waals surface area (Å²) < 4.78 is 0. The number of aromatic nitrogens is 2. The Kier molecular flexibility index (Phi) is 4.57. The number of Topliss-reactive ketones (excluding diaryl/α,β-unsaturated/α-hetero) is 1. The van der Waals surface area contributed by atoms with Crippen molar-refractivity contribution in [3.63, 3.8) is 0 Å². The molecule has 0 saturated carbocycles. The Morgan fingerprint density at radius 1 is 1.29 bits per heavy atom. The number of aromatic amines is 1. The van der Waals surface area contributed by atoms with Gasteiger partial charge in [-0.15, -0.1) is 11.3 Å². The van der Waals surface area contributed by atoms with Crippen LogP contribution in [0.1, 0.15) is 43.8 Å². The maximum absolute atomic E-state index is 12.2. The molecule has 0 atom stereocenters. The number of nitrogens with zero attached hydrogens (tertiary/aromatic N) is 1. The van der Waals surface area contributed by atoms with Crippen LogP contribution in [0.15, 0.2) is 42.7 Å². The largest absolute Gasteiger partial charge is 0.356 e. The molecule has 0 aliphatic rings. The molecule has 5 nitrogen and oxygen atoms in total. The fourth-order valence-electron chi connectivity index (χ4n) is 2.34. The monoisotopic (exact) mass is 339 g/mol. The highest BCUT2D eigenvalue weighted by atomic mass is 32.1. The van der Waals surface area contributed by atoms with E-state index in [2.05, 4.69) is 34.3 Å². The number of carbonyl (C=O) groups is 2. The first-order chi connectivity index (χ1) is 11.5. The van der Waals surface area contributed by atoms with Crippen molar-refractivity contribution in [1.82, 2.24) is 9.97 Å². The Morgan fingerprint density at radius 2 is 2.08 bits per heavy atom. The predicted molar refractivity (Wildman–Crippen MR) is 94.8 cm³/mol. The molecule has 122 valence electrons. The third-order valence-corrected chi connectivity index (χ3v) is 4.65. The van der Waals surface area contributed by atoms with Gasteiger partial charge in [0.05, 0.1) is 0 Å². The van der Waals surface area contributed by atoms with Crippen LogP contribution in [0.2, 0.25) is 0 Å². The van der Waals surface area contributed by atoms with E-state index >= 15 is 0 Å². The van der Waals surface area contributed by atoms with Crippen LogP contribution >= 0.6 is 11.3 Å². The Labute approximate surface area is 143 Å². The van der Waals surface area contributed by atoms with Gasteiger partial charge in [-0.1, -0.05) is 24.3 Å². The minimum Gasteiger partial charge on any atom is -0.356 e. The van der Waals surface area contributed by atoms with Gasteiger partial charge in [0, 0.05) is 29.3 Å². The number of carbonyl (C=O) groups excluding carboxylic acids is 2. The van der Waals surface area contributed by atoms with Gasteiger partial charge >= 0.3 is 0 Å². The quantitative estimate of drug-likeness (QED) is 0.694. The Balaban J connectivity index is 1.68. The lowest BCUT2D eigenvalue weighted by Crippen LogP contribution is -2.11. The lowest BCUT2D eigenvalue weighted by atomic mass is 10.1. The van der Waals surface area contributed by atoms with Crippen LogP contribution in [0.25, 0.3) is 0 Å². The third kappa shape index (κ3) is 3.60. The molecule has 24 heavy (non-hydrogen) atoms. The first-order valence-corrected chi connectivity index (χ1v) is 8.34. The third-order valence-electron chi connectivity index (χ3n) is 3.73. The number of amides is 1. The van der Waals surface area contributed by atoms with Crippen molar-refractivity contribution in [2.24, 2.45) is 0 Å². The van der Waals surface area contributed by atoms with Gasteiger partial charge in [-0.25, -0.2) is 4.98 Å². The van der Waals surface area contributed by atoms with Gasteiger partial charge in [-0.05, 0) is 31.0 Å². The van der Waals surface area contributed by atoms with Crippen molar-refractivity contribution in [2.45, 2.75) is 20.3 Å². The second kappa shape index (κ2) is 6.80. The van der Waals surface area contributed by atoms with E-state index in [1.165, 1.54) is 35.6 Å². The SMILES string of the molecule is CC(=O)c1c[nH]c(C(=O)Nc2ncc(Cc3ccccc3C)s2)c1. The topological polar surface area (TPSA) is 74.8 Å². The van der Waals surface area contributed by atoms with Crippen molar-refractivity contribution in [2.75, 3.05) is 5.32 Å². The summed E-state index contributed by atoms with van der Waals surface area (Å²) in [7, 11) is 0. The molecular formula is C18H17N3O2S. The summed E-state index contributed by atoms with van der Waals surface area (Å²) in [5.74, 6) is -0.389. The van der Waals surface area contributed by atoms with E-state index in [1.54, 1.807) is 12.3 Å². The van der Waals surface area contributed by atoms with E-state index in [0.29, 0.717) is 16.4 Å². The van der Waals surface area contributed by atoms with Crippen LogP contribution in [-0.2, 0) is 6.42 Å². The van der Waals surface area contributed by atoms with Crippen LogP contribution < -0.4 is 5.32 Å². The van der Waals surface area contributed by atoms with Crippen molar-refractivity contribution in [1.29, 1.82) is 0 Å². The average Bonchev–Trinajstić information content (AvgIpc) is 3.19. The maximum atomic E-state index is 12.2. The molecule has 3 rings (SSSR count). The van der Waals surface area contributed by atoms with E-state index < -0.39 is 0 Å². The summed E-state index contributed by atoms with van der Waals surface area (Å²) in [5.41, 5.74) is 3.31. The lowest BCUT2D eigenvalue weighted by Gasteiger charge is -2.02. The highest BCUT2D eigenvalue weighted by molar-refractivity contribution is 7.15. The molecule has 0 aliphatic heterocycles. The summed E-state index contributed by atoms with van der Waals surface area (Å²) >= 11 is 1.45. The van der Waals surface area contributed by atoms with E-state index in [1.807, 2.05) is 12.1 Å². The van der Waals surface area contributed by atoms with Gasteiger partial charge in [0.1, 0.15) is 5.69 Å². The van der Waals surface area contributed by atoms with E-state index in [-0.39, 0.29) is 11.7 Å². The molecule has 0 fully saturated rings. The number of rotatable bonds is 5. The van der Waals surface area contributed by atoms with Crippen LogP contribution in [-0.4, -0.2) is 21.7 Å². The number of hydrogen-bond donors (Lipinski definition) is 2. The van der Waals surface area contributed by atoms with Crippen LogP contribution in [0, 0.1) is 6.92 Å². The second-order valence-electron chi connectivity index (χ2n) is 5.55. The van der Waals surface area contributed by atoms with Crippen molar-refractivity contribution in [3.05, 3.63) is 70.0 Å². The van der Waals surface area contributed by atoms with Crippen molar-refractivity contribution >= 4 is 28.2 Å². The number of nitrogens with one attached hydrogen (secondary N) is 2. The molecule has 0 aliphatic carbocycles. The molecule has 0 unspecified atom stereocenters. The van der Waals surface area contributed by atoms with Crippen molar-refractivity contribution < 1.29 is 9.59 Å². The van der Waals surface area contributed by atoms with E-state index in [4.69, 9.17) is 0 Å². The number of H-pyrrole nitrogens is 1. The summed E-state index contributed by atoms with van der Waals surface area (Å²) in [6.45, 7) is 3.54. The summed E-state index contributed by atoms with van der Waals surface area (Å²) in [4.78, 5) is 31.6. The standard InChI is InChI=1S/C18H17N3O2S/c1-11-5-3-4-6-13(11)7-15-10-20-18(24-15)21-17(23)16-8-14(9-19-16)12(2)22/h3-6,8-10,19H,7H2,1-2H3,(H,20,21,23). The van der Waals surface area contributed by atoms with Gasteiger partial charge in [0.25, 0.3) is 5.91 Å². The smallest absolute Gasteiger partial charge is 0.273 e. The van der Waals surface area contributed by atoms with Crippen LogP contribution in [0.4, 0.5) is 5.13 Å². The Bertz CT molecular complexity index is 895. The Morgan fingerprint density at radius 3 is 2.79 bits per heavy atom. The average molecular weight is 339 g/mol. The molecule has 0 radical (unpaired) electrons. The molecule has 2 N–H and O–H groups in total. The molecule has 0 bridgehead atoms. The minimum atomic E-state index is -0.306. The number of aryl methyl sites for hydroxylation is 1. The van der Waals surface area contributed by atoms with E-state index in [9.17, 15) is 9.59 Å². The molecule has 2 aromatic heterocycles. The Hall–Kier alpha value is -2.73. The number of ketones is 1. The highest BCUT2D eigenvalue weighted by Crippen LogP contribution is 2.23. The zero-order valence-corrected chi connectivity index (χ0v) is 14.2. The molecule has 3 aromatic rings.